The summed E-state index contributed by atoms with van der Waals surface area (Å²) in [6.45, 7) is 5.78. The second-order valence-electron chi connectivity index (χ2n) is 5.49. The number of anilines is 1. The molecule has 112 valence electrons. The summed E-state index contributed by atoms with van der Waals surface area (Å²) in [7, 11) is 0. The fourth-order valence-corrected chi connectivity index (χ4v) is 3.75. The minimum Gasteiger partial charge on any atom is -0.367 e. The summed E-state index contributed by atoms with van der Waals surface area (Å²) >= 11 is 1.85. The van der Waals surface area contributed by atoms with Gasteiger partial charge < -0.3 is 10.2 Å². The van der Waals surface area contributed by atoms with E-state index in [1.807, 2.05) is 17.4 Å². The average Bonchev–Trinajstić information content (AvgIpc) is 2.95. The van der Waals surface area contributed by atoms with Gasteiger partial charge in [0.2, 0.25) is 0 Å². The third-order valence-corrected chi connectivity index (χ3v) is 4.96. The summed E-state index contributed by atoms with van der Waals surface area (Å²) in [5, 5.41) is 5.55. The highest BCUT2D eigenvalue weighted by molar-refractivity contribution is 7.10. The van der Waals surface area contributed by atoms with Crippen molar-refractivity contribution in [3.63, 3.8) is 0 Å². The second-order valence-corrected chi connectivity index (χ2v) is 6.49. The molecular weight excluding hydrogens is 283 g/mol. The zero-order chi connectivity index (χ0) is 14.7. The summed E-state index contributed by atoms with van der Waals surface area (Å²) in [5.41, 5.74) is 3.64. The van der Waals surface area contributed by atoms with Crippen LogP contribution in [-0.4, -0.2) is 13.1 Å². The fourth-order valence-electron chi connectivity index (χ4n) is 2.86. The Morgan fingerprint density at radius 3 is 3.10 bits per heavy atom. The molecule has 3 rings (SSSR count). The van der Waals surface area contributed by atoms with Gasteiger partial charge in [-0.15, -0.1) is 11.3 Å². The molecule has 0 unspecified atom stereocenters. The van der Waals surface area contributed by atoms with Crippen molar-refractivity contribution in [3.8, 4) is 0 Å². The Hall–Kier alpha value is -1.39. The molecule has 2 nitrogen and oxygen atoms in total. The average molecular weight is 304 g/mol. The molecule has 0 saturated heterocycles. The molecule has 0 saturated carbocycles. The van der Waals surface area contributed by atoms with Gasteiger partial charge in [-0.25, -0.2) is 4.39 Å². The van der Waals surface area contributed by atoms with Crippen LogP contribution in [0.3, 0.4) is 0 Å². The Bertz CT molecular complexity index is 609. The van der Waals surface area contributed by atoms with Gasteiger partial charge in [-0.2, -0.15) is 0 Å². The van der Waals surface area contributed by atoms with E-state index in [4.69, 9.17) is 0 Å². The lowest BCUT2D eigenvalue weighted by atomic mass is 10.1. The molecule has 2 aromatic rings. The van der Waals surface area contributed by atoms with Gasteiger partial charge in [-0.05, 0) is 60.2 Å². The van der Waals surface area contributed by atoms with Gasteiger partial charge in [0.15, 0.2) is 0 Å². The minimum atomic E-state index is -0.153. The molecule has 0 spiro atoms. The molecular formula is C17H21FN2S. The number of hydrogen-bond donors (Lipinski definition) is 1. The SMILES string of the molecule is CCCNCc1cc(F)ccc1N1CCc2sccc2C1. The summed E-state index contributed by atoms with van der Waals surface area (Å²) in [6.07, 6.45) is 2.18. The normalized spacial score (nSPS) is 14.3. The third kappa shape index (κ3) is 3.27. The van der Waals surface area contributed by atoms with E-state index in [-0.39, 0.29) is 5.82 Å². The van der Waals surface area contributed by atoms with Crippen molar-refractivity contribution in [1.82, 2.24) is 5.32 Å². The molecule has 0 amide bonds. The van der Waals surface area contributed by atoms with E-state index in [9.17, 15) is 4.39 Å². The van der Waals surface area contributed by atoms with E-state index in [2.05, 4.69) is 28.6 Å². The first-order chi connectivity index (χ1) is 10.3. The monoisotopic (exact) mass is 304 g/mol. The molecule has 1 aliphatic rings. The molecule has 0 fully saturated rings. The maximum absolute atomic E-state index is 13.6. The molecule has 21 heavy (non-hydrogen) atoms. The van der Waals surface area contributed by atoms with Crippen molar-refractivity contribution in [1.29, 1.82) is 0 Å². The predicted octanol–water partition coefficient (Wildman–Crippen LogP) is 3.95. The summed E-state index contributed by atoms with van der Waals surface area (Å²) in [6, 6.07) is 7.38. The van der Waals surface area contributed by atoms with Gasteiger partial charge in [0.25, 0.3) is 0 Å². The smallest absolute Gasteiger partial charge is 0.123 e. The predicted molar refractivity (Wildman–Crippen MR) is 87.5 cm³/mol. The number of nitrogens with zero attached hydrogens (tertiary/aromatic N) is 1. The van der Waals surface area contributed by atoms with Crippen LogP contribution in [0.5, 0.6) is 0 Å². The van der Waals surface area contributed by atoms with Crippen molar-refractivity contribution in [3.05, 3.63) is 51.5 Å². The summed E-state index contributed by atoms with van der Waals surface area (Å²) < 4.78 is 13.6. The number of thiophene rings is 1. The van der Waals surface area contributed by atoms with Crippen LogP contribution in [0.2, 0.25) is 0 Å². The Kier molecular flexibility index (Phi) is 4.56. The quantitative estimate of drug-likeness (QED) is 0.842. The van der Waals surface area contributed by atoms with E-state index in [0.717, 1.165) is 50.3 Å². The van der Waals surface area contributed by atoms with Crippen LogP contribution >= 0.6 is 11.3 Å². The summed E-state index contributed by atoms with van der Waals surface area (Å²) in [4.78, 5) is 3.87. The molecule has 1 N–H and O–H groups in total. The van der Waals surface area contributed by atoms with Gasteiger partial charge in [-0.1, -0.05) is 6.92 Å². The van der Waals surface area contributed by atoms with Crippen molar-refractivity contribution in [2.24, 2.45) is 0 Å². The van der Waals surface area contributed by atoms with E-state index < -0.39 is 0 Å². The van der Waals surface area contributed by atoms with Crippen molar-refractivity contribution in [2.75, 3.05) is 18.0 Å². The maximum atomic E-state index is 13.6. The Morgan fingerprint density at radius 1 is 1.33 bits per heavy atom. The molecule has 1 aromatic carbocycles. The Morgan fingerprint density at radius 2 is 2.24 bits per heavy atom. The zero-order valence-corrected chi connectivity index (χ0v) is 13.2. The van der Waals surface area contributed by atoms with Crippen molar-refractivity contribution < 1.29 is 4.39 Å². The first kappa shape index (κ1) is 14.5. The van der Waals surface area contributed by atoms with Gasteiger partial charge >= 0.3 is 0 Å². The number of hydrogen-bond acceptors (Lipinski definition) is 3. The van der Waals surface area contributed by atoms with Crippen molar-refractivity contribution in [2.45, 2.75) is 32.9 Å². The lowest BCUT2D eigenvalue weighted by molar-refractivity contribution is 0.617. The van der Waals surface area contributed by atoms with Crippen LogP contribution in [0.25, 0.3) is 0 Å². The van der Waals surface area contributed by atoms with E-state index in [1.54, 1.807) is 12.1 Å². The van der Waals surface area contributed by atoms with E-state index >= 15 is 0 Å². The highest BCUT2D eigenvalue weighted by Crippen LogP contribution is 2.30. The lowest BCUT2D eigenvalue weighted by Crippen LogP contribution is -2.31. The Labute approximate surface area is 129 Å². The van der Waals surface area contributed by atoms with E-state index in [0.29, 0.717) is 0 Å². The molecule has 1 aromatic heterocycles. The largest absolute Gasteiger partial charge is 0.367 e. The molecule has 0 bridgehead atoms. The van der Waals surface area contributed by atoms with Gasteiger partial charge in [0, 0.05) is 30.2 Å². The zero-order valence-electron chi connectivity index (χ0n) is 12.4. The highest BCUT2D eigenvalue weighted by Gasteiger charge is 2.19. The maximum Gasteiger partial charge on any atom is 0.123 e. The van der Waals surface area contributed by atoms with Gasteiger partial charge in [0.1, 0.15) is 5.82 Å². The first-order valence-electron chi connectivity index (χ1n) is 7.57. The number of benzene rings is 1. The van der Waals surface area contributed by atoms with Crippen molar-refractivity contribution >= 4 is 17.0 Å². The molecule has 2 heterocycles. The van der Waals surface area contributed by atoms with Gasteiger partial charge in [0.05, 0.1) is 0 Å². The lowest BCUT2D eigenvalue weighted by Gasteiger charge is -2.31. The van der Waals surface area contributed by atoms with Gasteiger partial charge in [-0.3, -0.25) is 0 Å². The number of nitrogens with one attached hydrogen (secondary N) is 1. The van der Waals surface area contributed by atoms with E-state index in [1.165, 1.54) is 10.4 Å². The van der Waals surface area contributed by atoms with Crippen LogP contribution < -0.4 is 10.2 Å². The van der Waals surface area contributed by atoms with Crippen LogP contribution in [0.4, 0.5) is 10.1 Å². The molecule has 0 atom stereocenters. The fraction of sp³-hybridized carbons (Fsp3) is 0.412. The second kappa shape index (κ2) is 6.58. The third-order valence-electron chi connectivity index (χ3n) is 3.93. The molecule has 0 aliphatic carbocycles. The summed E-state index contributed by atoms with van der Waals surface area (Å²) in [5.74, 6) is -0.153. The van der Waals surface area contributed by atoms with Crippen LogP contribution in [0, 0.1) is 5.82 Å². The molecule has 4 heteroatoms. The number of halogens is 1. The van der Waals surface area contributed by atoms with Crippen LogP contribution in [0.1, 0.15) is 29.3 Å². The molecule has 1 aliphatic heterocycles. The topological polar surface area (TPSA) is 15.3 Å². The number of rotatable bonds is 5. The standard InChI is InChI=1S/C17H21FN2S/c1-2-7-19-11-14-10-15(18)3-4-16(14)20-8-5-17-13(12-20)6-9-21-17/h3-4,6,9-10,19H,2,5,7-8,11-12H2,1H3. The Balaban J connectivity index is 1.81. The highest BCUT2D eigenvalue weighted by atomic mass is 32.1. The first-order valence-corrected chi connectivity index (χ1v) is 8.45. The minimum absolute atomic E-state index is 0.153. The number of fused-ring (bicyclic) bond motifs is 1. The molecule has 0 radical (unpaired) electrons. The van der Waals surface area contributed by atoms with Crippen LogP contribution in [0.15, 0.2) is 29.6 Å². The van der Waals surface area contributed by atoms with Crippen LogP contribution in [-0.2, 0) is 19.5 Å².